The number of imidazole rings is 1. The molecule has 0 spiro atoms. The summed E-state index contributed by atoms with van der Waals surface area (Å²) < 4.78 is 25.1. The fraction of sp³-hybridized carbons (Fsp3) is 0.250. The summed E-state index contributed by atoms with van der Waals surface area (Å²) in [7, 11) is -1.89. The quantitative estimate of drug-likeness (QED) is 0.659. The first-order chi connectivity index (χ1) is 9.80. The SMILES string of the molecule is Cn1ccnc1CNc1cccc(S(C)(=O)=O)c1[N+](=O)[O-]. The molecule has 0 atom stereocenters. The van der Waals surface area contributed by atoms with Gasteiger partial charge in [0, 0.05) is 25.7 Å². The van der Waals surface area contributed by atoms with E-state index in [2.05, 4.69) is 10.3 Å². The van der Waals surface area contributed by atoms with Gasteiger partial charge in [0.25, 0.3) is 0 Å². The Hall–Kier alpha value is -2.42. The van der Waals surface area contributed by atoms with E-state index in [1.54, 1.807) is 24.0 Å². The average molecular weight is 310 g/mol. The standard InChI is InChI=1S/C12H14N4O4S/c1-15-7-6-13-11(15)8-14-9-4-3-5-10(21(2,19)20)12(9)16(17)18/h3-7,14H,8H2,1-2H3. The predicted octanol–water partition coefficient (Wildman–Crippen LogP) is 1.34. The molecule has 1 aromatic heterocycles. The first kappa shape index (κ1) is 15.0. The lowest BCUT2D eigenvalue weighted by atomic mass is 10.2. The van der Waals surface area contributed by atoms with Gasteiger partial charge in [-0.15, -0.1) is 0 Å². The maximum atomic E-state index is 11.6. The number of hydrogen-bond acceptors (Lipinski definition) is 6. The highest BCUT2D eigenvalue weighted by molar-refractivity contribution is 7.90. The highest BCUT2D eigenvalue weighted by Crippen LogP contribution is 2.32. The lowest BCUT2D eigenvalue weighted by Crippen LogP contribution is -2.09. The van der Waals surface area contributed by atoms with E-state index in [4.69, 9.17) is 0 Å². The van der Waals surface area contributed by atoms with Gasteiger partial charge >= 0.3 is 5.69 Å². The number of nitro groups is 1. The molecular weight excluding hydrogens is 296 g/mol. The second kappa shape index (κ2) is 5.52. The van der Waals surface area contributed by atoms with Gasteiger partial charge in [-0.3, -0.25) is 10.1 Å². The van der Waals surface area contributed by atoms with E-state index in [0.717, 1.165) is 6.26 Å². The third kappa shape index (κ3) is 3.19. The Labute approximate surface area is 121 Å². The molecule has 0 amide bonds. The molecule has 0 bridgehead atoms. The van der Waals surface area contributed by atoms with Crippen LogP contribution in [0.4, 0.5) is 11.4 Å². The maximum absolute atomic E-state index is 11.6. The van der Waals surface area contributed by atoms with E-state index >= 15 is 0 Å². The van der Waals surface area contributed by atoms with Crippen molar-refractivity contribution in [2.75, 3.05) is 11.6 Å². The highest BCUT2D eigenvalue weighted by atomic mass is 32.2. The zero-order valence-electron chi connectivity index (χ0n) is 11.5. The molecule has 112 valence electrons. The second-order valence-electron chi connectivity index (χ2n) is 4.49. The molecular formula is C12H14N4O4S. The summed E-state index contributed by atoms with van der Waals surface area (Å²) in [6.07, 6.45) is 4.30. The molecule has 1 heterocycles. The van der Waals surface area contributed by atoms with Crippen LogP contribution in [-0.2, 0) is 23.4 Å². The Morgan fingerprint density at radius 1 is 1.43 bits per heavy atom. The molecule has 0 fully saturated rings. The van der Waals surface area contributed by atoms with Crippen molar-refractivity contribution in [1.29, 1.82) is 0 Å². The zero-order chi connectivity index (χ0) is 15.6. The van der Waals surface area contributed by atoms with Crippen molar-refractivity contribution < 1.29 is 13.3 Å². The summed E-state index contributed by atoms with van der Waals surface area (Å²) >= 11 is 0. The van der Waals surface area contributed by atoms with E-state index in [1.165, 1.54) is 18.2 Å². The number of rotatable bonds is 5. The fourth-order valence-corrected chi connectivity index (χ4v) is 2.76. The minimum atomic E-state index is -3.68. The number of aryl methyl sites for hydroxylation is 1. The van der Waals surface area contributed by atoms with Crippen molar-refractivity contribution in [3.63, 3.8) is 0 Å². The smallest absolute Gasteiger partial charge is 0.310 e. The Bertz CT molecular complexity index is 782. The number of para-hydroxylation sites is 1. The fourth-order valence-electron chi connectivity index (χ4n) is 1.89. The number of hydrogen-bond donors (Lipinski definition) is 1. The van der Waals surface area contributed by atoms with Crippen molar-refractivity contribution in [2.45, 2.75) is 11.4 Å². The molecule has 8 nitrogen and oxygen atoms in total. The Morgan fingerprint density at radius 3 is 2.67 bits per heavy atom. The van der Waals surface area contributed by atoms with Gasteiger partial charge in [0.05, 0.1) is 11.5 Å². The zero-order valence-corrected chi connectivity index (χ0v) is 12.3. The topological polar surface area (TPSA) is 107 Å². The Kier molecular flexibility index (Phi) is 3.94. The van der Waals surface area contributed by atoms with Crippen LogP contribution in [0.5, 0.6) is 0 Å². The van der Waals surface area contributed by atoms with E-state index in [0.29, 0.717) is 5.82 Å². The summed E-state index contributed by atoms with van der Waals surface area (Å²) in [5.41, 5.74) is -0.305. The molecule has 0 aliphatic carbocycles. The van der Waals surface area contributed by atoms with Crippen molar-refractivity contribution in [1.82, 2.24) is 9.55 Å². The molecule has 0 aliphatic rings. The molecule has 21 heavy (non-hydrogen) atoms. The molecule has 0 saturated carbocycles. The summed E-state index contributed by atoms with van der Waals surface area (Å²) in [5.74, 6) is 0.675. The largest absolute Gasteiger partial charge is 0.372 e. The maximum Gasteiger partial charge on any atom is 0.310 e. The second-order valence-corrected chi connectivity index (χ2v) is 6.47. The number of nitrogens with one attached hydrogen (secondary N) is 1. The van der Waals surface area contributed by atoms with Crippen molar-refractivity contribution in [3.05, 3.63) is 46.5 Å². The number of aromatic nitrogens is 2. The lowest BCUT2D eigenvalue weighted by Gasteiger charge is -2.09. The first-order valence-corrected chi connectivity index (χ1v) is 7.87. The van der Waals surface area contributed by atoms with Gasteiger partial charge in [0.1, 0.15) is 16.4 Å². The minimum absolute atomic E-state index is 0.144. The van der Waals surface area contributed by atoms with Gasteiger partial charge < -0.3 is 9.88 Å². The highest BCUT2D eigenvalue weighted by Gasteiger charge is 2.26. The summed E-state index contributed by atoms with van der Waals surface area (Å²) in [6.45, 7) is 0.248. The molecule has 0 saturated heterocycles. The van der Waals surface area contributed by atoms with Crippen LogP contribution in [0.25, 0.3) is 0 Å². The number of anilines is 1. The van der Waals surface area contributed by atoms with Gasteiger partial charge in [-0.25, -0.2) is 13.4 Å². The summed E-state index contributed by atoms with van der Waals surface area (Å²) in [4.78, 5) is 14.3. The van der Waals surface area contributed by atoms with Gasteiger partial charge in [0.2, 0.25) is 0 Å². The van der Waals surface area contributed by atoms with Gasteiger partial charge in [-0.2, -0.15) is 0 Å². The lowest BCUT2D eigenvalue weighted by molar-refractivity contribution is -0.386. The van der Waals surface area contributed by atoms with E-state index in [-0.39, 0.29) is 17.1 Å². The minimum Gasteiger partial charge on any atom is -0.372 e. The summed E-state index contributed by atoms with van der Waals surface area (Å²) in [6, 6.07) is 4.15. The molecule has 0 unspecified atom stereocenters. The van der Waals surface area contributed by atoms with Gasteiger partial charge in [-0.1, -0.05) is 6.07 Å². The first-order valence-electron chi connectivity index (χ1n) is 5.98. The normalized spacial score (nSPS) is 11.3. The summed E-state index contributed by atoms with van der Waals surface area (Å²) in [5, 5.41) is 14.1. The van der Waals surface area contributed by atoms with Crippen LogP contribution in [0, 0.1) is 10.1 Å². The predicted molar refractivity (Wildman–Crippen MR) is 76.7 cm³/mol. The van der Waals surface area contributed by atoms with Crippen LogP contribution in [0.3, 0.4) is 0 Å². The van der Waals surface area contributed by atoms with Crippen molar-refractivity contribution >= 4 is 21.2 Å². The van der Waals surface area contributed by atoms with Crippen molar-refractivity contribution in [3.8, 4) is 0 Å². The number of nitrogens with zero attached hydrogens (tertiary/aromatic N) is 3. The van der Waals surface area contributed by atoms with E-state index in [1.807, 2.05) is 0 Å². The molecule has 0 aliphatic heterocycles. The molecule has 1 aromatic carbocycles. The van der Waals surface area contributed by atoms with Crippen LogP contribution < -0.4 is 5.32 Å². The number of sulfone groups is 1. The molecule has 2 aromatic rings. The molecule has 0 radical (unpaired) electrons. The van der Waals surface area contributed by atoms with Crippen LogP contribution in [-0.4, -0.2) is 29.1 Å². The van der Waals surface area contributed by atoms with E-state index < -0.39 is 20.4 Å². The molecule has 2 rings (SSSR count). The Morgan fingerprint density at radius 2 is 2.14 bits per heavy atom. The van der Waals surface area contributed by atoms with Crippen LogP contribution in [0.15, 0.2) is 35.5 Å². The monoisotopic (exact) mass is 310 g/mol. The van der Waals surface area contributed by atoms with Crippen LogP contribution >= 0.6 is 0 Å². The van der Waals surface area contributed by atoms with Gasteiger partial charge in [0.15, 0.2) is 9.84 Å². The third-order valence-electron chi connectivity index (χ3n) is 2.94. The van der Waals surface area contributed by atoms with Crippen LogP contribution in [0.1, 0.15) is 5.82 Å². The number of benzene rings is 1. The number of nitro benzene ring substituents is 1. The van der Waals surface area contributed by atoms with Gasteiger partial charge in [-0.05, 0) is 12.1 Å². The van der Waals surface area contributed by atoms with Crippen LogP contribution in [0.2, 0.25) is 0 Å². The average Bonchev–Trinajstić information content (AvgIpc) is 2.80. The Balaban J connectivity index is 2.40. The molecule has 9 heteroatoms. The molecule has 1 N–H and O–H groups in total. The van der Waals surface area contributed by atoms with E-state index in [9.17, 15) is 18.5 Å². The third-order valence-corrected chi connectivity index (χ3v) is 4.07. The van der Waals surface area contributed by atoms with Crippen molar-refractivity contribution in [2.24, 2.45) is 7.05 Å².